The Morgan fingerprint density at radius 2 is 2.29 bits per heavy atom. The first-order chi connectivity index (χ1) is 8.20. The maximum Gasteiger partial charge on any atom is 0.137 e. The Labute approximate surface area is 106 Å². The number of aliphatic hydroxyl groups is 1. The molecule has 0 spiro atoms. The molecule has 17 heavy (non-hydrogen) atoms. The lowest BCUT2D eigenvalue weighted by Gasteiger charge is -2.12. The van der Waals surface area contributed by atoms with Crippen LogP contribution in [0, 0.1) is 0 Å². The van der Waals surface area contributed by atoms with Crippen LogP contribution in [0.25, 0.3) is 0 Å². The maximum absolute atomic E-state index is 10.1. The highest BCUT2D eigenvalue weighted by Crippen LogP contribution is 2.19. The lowest BCUT2D eigenvalue weighted by Crippen LogP contribution is -2.10. The number of halogens is 1. The van der Waals surface area contributed by atoms with Crippen molar-refractivity contribution in [3.63, 3.8) is 0 Å². The summed E-state index contributed by atoms with van der Waals surface area (Å²) < 4.78 is 1.94. The van der Waals surface area contributed by atoms with E-state index in [1.54, 1.807) is 6.20 Å². The van der Waals surface area contributed by atoms with Gasteiger partial charge in [-0.05, 0) is 24.6 Å². The molecule has 1 N–H and O–H groups in total. The number of imidazole rings is 1. The standard InChI is InChI=1S/C13H15ClN2O/c1-2-16-7-6-15-13(16)12(17)9-10-4-3-5-11(14)8-10/h3-8,12,17H,2,9H2,1H3. The number of rotatable bonds is 4. The summed E-state index contributed by atoms with van der Waals surface area (Å²) in [5.74, 6) is 0.701. The van der Waals surface area contributed by atoms with E-state index in [1.807, 2.05) is 42.0 Å². The van der Waals surface area contributed by atoms with Gasteiger partial charge < -0.3 is 9.67 Å². The Morgan fingerprint density at radius 3 is 3.00 bits per heavy atom. The predicted molar refractivity (Wildman–Crippen MR) is 68.0 cm³/mol. The minimum Gasteiger partial charge on any atom is -0.385 e. The van der Waals surface area contributed by atoms with Crippen LogP contribution in [0.2, 0.25) is 5.02 Å². The Kier molecular flexibility index (Phi) is 3.82. The third-order valence-corrected chi connectivity index (χ3v) is 2.94. The molecule has 0 aliphatic rings. The maximum atomic E-state index is 10.1. The van der Waals surface area contributed by atoms with E-state index < -0.39 is 6.10 Å². The van der Waals surface area contributed by atoms with E-state index in [-0.39, 0.29) is 0 Å². The Bertz CT molecular complexity index is 496. The predicted octanol–water partition coefficient (Wildman–Crippen LogP) is 2.83. The zero-order valence-corrected chi connectivity index (χ0v) is 10.4. The van der Waals surface area contributed by atoms with Crippen LogP contribution >= 0.6 is 11.6 Å². The van der Waals surface area contributed by atoms with Crippen molar-refractivity contribution in [1.82, 2.24) is 9.55 Å². The number of benzene rings is 1. The molecular formula is C13H15ClN2O. The van der Waals surface area contributed by atoms with Gasteiger partial charge in [0.1, 0.15) is 11.9 Å². The smallest absolute Gasteiger partial charge is 0.137 e. The summed E-state index contributed by atoms with van der Waals surface area (Å²) in [4.78, 5) is 4.19. The van der Waals surface area contributed by atoms with E-state index in [0.29, 0.717) is 17.3 Å². The average molecular weight is 251 g/mol. The molecule has 0 saturated heterocycles. The fourth-order valence-corrected chi connectivity index (χ4v) is 2.08. The topological polar surface area (TPSA) is 38.0 Å². The van der Waals surface area contributed by atoms with E-state index in [0.717, 1.165) is 12.1 Å². The van der Waals surface area contributed by atoms with Gasteiger partial charge >= 0.3 is 0 Å². The molecule has 0 amide bonds. The van der Waals surface area contributed by atoms with Gasteiger partial charge in [0.2, 0.25) is 0 Å². The number of aliphatic hydroxyl groups excluding tert-OH is 1. The first-order valence-electron chi connectivity index (χ1n) is 5.64. The van der Waals surface area contributed by atoms with Gasteiger partial charge in [0.25, 0.3) is 0 Å². The van der Waals surface area contributed by atoms with Crippen molar-refractivity contribution in [3.05, 3.63) is 53.1 Å². The highest BCUT2D eigenvalue weighted by molar-refractivity contribution is 6.30. The highest BCUT2D eigenvalue weighted by Gasteiger charge is 2.13. The van der Waals surface area contributed by atoms with Crippen molar-refractivity contribution in [1.29, 1.82) is 0 Å². The van der Waals surface area contributed by atoms with Crippen molar-refractivity contribution in [2.75, 3.05) is 0 Å². The molecule has 2 aromatic rings. The molecule has 4 heteroatoms. The molecule has 1 aromatic heterocycles. The van der Waals surface area contributed by atoms with Gasteiger partial charge in [0.05, 0.1) is 0 Å². The fraction of sp³-hybridized carbons (Fsp3) is 0.308. The number of hydrogen-bond acceptors (Lipinski definition) is 2. The van der Waals surface area contributed by atoms with Gasteiger partial charge in [-0.15, -0.1) is 0 Å². The largest absolute Gasteiger partial charge is 0.385 e. The van der Waals surface area contributed by atoms with Crippen LogP contribution in [-0.2, 0) is 13.0 Å². The Morgan fingerprint density at radius 1 is 1.47 bits per heavy atom. The third kappa shape index (κ3) is 2.87. The molecule has 90 valence electrons. The molecule has 0 bridgehead atoms. The molecule has 0 aliphatic carbocycles. The van der Waals surface area contributed by atoms with Crippen molar-refractivity contribution < 1.29 is 5.11 Å². The molecule has 1 aromatic carbocycles. The van der Waals surface area contributed by atoms with Crippen molar-refractivity contribution in [2.45, 2.75) is 26.0 Å². The van der Waals surface area contributed by atoms with Crippen LogP contribution in [0.4, 0.5) is 0 Å². The second kappa shape index (κ2) is 5.34. The number of hydrogen-bond donors (Lipinski definition) is 1. The summed E-state index contributed by atoms with van der Waals surface area (Å²) >= 11 is 5.91. The van der Waals surface area contributed by atoms with Crippen LogP contribution in [0.5, 0.6) is 0 Å². The number of aromatic nitrogens is 2. The summed E-state index contributed by atoms with van der Waals surface area (Å²) in [6, 6.07) is 7.53. The van der Waals surface area contributed by atoms with Crippen molar-refractivity contribution in [3.8, 4) is 0 Å². The molecular weight excluding hydrogens is 236 g/mol. The van der Waals surface area contributed by atoms with Crippen molar-refractivity contribution >= 4 is 11.6 Å². The van der Waals surface area contributed by atoms with Gasteiger partial charge in [-0.25, -0.2) is 4.98 Å². The van der Waals surface area contributed by atoms with E-state index >= 15 is 0 Å². The fourth-order valence-electron chi connectivity index (χ4n) is 1.86. The molecule has 0 fully saturated rings. The van der Waals surface area contributed by atoms with Crippen LogP contribution in [-0.4, -0.2) is 14.7 Å². The van der Waals surface area contributed by atoms with Gasteiger partial charge in [-0.3, -0.25) is 0 Å². The second-order valence-electron chi connectivity index (χ2n) is 3.92. The normalized spacial score (nSPS) is 12.6. The van der Waals surface area contributed by atoms with Crippen molar-refractivity contribution in [2.24, 2.45) is 0 Å². The first-order valence-corrected chi connectivity index (χ1v) is 6.02. The molecule has 1 unspecified atom stereocenters. The van der Waals surface area contributed by atoms with Crippen LogP contribution in [0.15, 0.2) is 36.7 Å². The molecule has 1 atom stereocenters. The molecule has 0 aliphatic heterocycles. The quantitative estimate of drug-likeness (QED) is 0.906. The van der Waals surface area contributed by atoms with Gasteiger partial charge in [-0.1, -0.05) is 23.7 Å². The van der Waals surface area contributed by atoms with E-state index in [2.05, 4.69) is 4.98 Å². The van der Waals surface area contributed by atoms with Crippen LogP contribution in [0.3, 0.4) is 0 Å². The van der Waals surface area contributed by atoms with Crippen LogP contribution < -0.4 is 0 Å². The summed E-state index contributed by atoms with van der Waals surface area (Å²) in [5.41, 5.74) is 1.01. The molecule has 3 nitrogen and oxygen atoms in total. The zero-order valence-electron chi connectivity index (χ0n) is 9.68. The van der Waals surface area contributed by atoms with E-state index in [9.17, 15) is 5.11 Å². The van der Waals surface area contributed by atoms with Crippen LogP contribution in [0.1, 0.15) is 24.4 Å². The SMILES string of the molecule is CCn1ccnc1C(O)Cc1cccc(Cl)c1. The number of aryl methyl sites for hydroxylation is 1. The minimum absolute atomic E-state index is 0.525. The highest BCUT2D eigenvalue weighted by atomic mass is 35.5. The zero-order chi connectivity index (χ0) is 12.3. The average Bonchev–Trinajstić information content (AvgIpc) is 2.77. The monoisotopic (exact) mass is 250 g/mol. The van der Waals surface area contributed by atoms with Gasteiger partial charge in [0.15, 0.2) is 0 Å². The molecule has 2 rings (SSSR count). The molecule has 1 heterocycles. The lowest BCUT2D eigenvalue weighted by atomic mass is 10.1. The third-order valence-electron chi connectivity index (χ3n) is 2.70. The lowest BCUT2D eigenvalue weighted by molar-refractivity contribution is 0.164. The molecule has 0 saturated carbocycles. The summed E-state index contributed by atoms with van der Waals surface area (Å²) in [5, 5.41) is 10.8. The minimum atomic E-state index is -0.594. The van der Waals surface area contributed by atoms with E-state index in [1.165, 1.54) is 0 Å². The molecule has 0 radical (unpaired) electrons. The Hall–Kier alpha value is -1.32. The number of nitrogens with zero attached hydrogens (tertiary/aromatic N) is 2. The van der Waals surface area contributed by atoms with Gasteiger partial charge in [-0.2, -0.15) is 0 Å². The summed E-state index contributed by atoms with van der Waals surface area (Å²) in [6.07, 6.45) is 3.51. The van der Waals surface area contributed by atoms with E-state index in [4.69, 9.17) is 11.6 Å². The second-order valence-corrected chi connectivity index (χ2v) is 4.36. The summed E-state index contributed by atoms with van der Waals surface area (Å²) in [7, 11) is 0. The summed E-state index contributed by atoms with van der Waals surface area (Å²) in [6.45, 7) is 2.83. The first kappa shape index (κ1) is 12.1. The Balaban J connectivity index is 2.14. The van der Waals surface area contributed by atoms with Gasteiger partial charge in [0, 0.05) is 30.4 Å².